The summed E-state index contributed by atoms with van der Waals surface area (Å²) < 4.78 is 13.2. The fourth-order valence-electron chi connectivity index (χ4n) is 3.23. The van der Waals surface area contributed by atoms with Crippen LogP contribution in [0, 0.1) is 17.7 Å². The lowest BCUT2D eigenvalue weighted by Gasteiger charge is -2.38. The van der Waals surface area contributed by atoms with Crippen molar-refractivity contribution in [3.63, 3.8) is 0 Å². The summed E-state index contributed by atoms with van der Waals surface area (Å²) in [7, 11) is 2.18. The predicted octanol–water partition coefficient (Wildman–Crippen LogP) is 2.58. The predicted molar refractivity (Wildman–Crippen MR) is 65.9 cm³/mol. The molecule has 1 aliphatic heterocycles. The monoisotopic (exact) mass is 232 g/mol. The Morgan fingerprint density at radius 1 is 1.35 bits per heavy atom. The molecule has 0 spiro atoms. The standard InChI is InChI=1S/C14H17FN2/c1-17-8-10-2-11(9-17)4-12(3-10)13-5-14(15)7-16-6-13/h3,5-7,10-11H,2,4,8-9H2,1H3/t10-,11+/m1/s1. The van der Waals surface area contributed by atoms with Crippen molar-refractivity contribution in [3.8, 4) is 0 Å². The maximum atomic E-state index is 13.2. The van der Waals surface area contributed by atoms with Crippen LogP contribution in [0.4, 0.5) is 4.39 Å². The van der Waals surface area contributed by atoms with Gasteiger partial charge in [0.2, 0.25) is 0 Å². The van der Waals surface area contributed by atoms with E-state index in [4.69, 9.17) is 0 Å². The zero-order valence-corrected chi connectivity index (χ0v) is 10.1. The van der Waals surface area contributed by atoms with Crippen LogP contribution in [0.3, 0.4) is 0 Å². The minimum absolute atomic E-state index is 0.240. The Kier molecular flexibility index (Phi) is 2.71. The van der Waals surface area contributed by atoms with Crippen molar-refractivity contribution in [2.75, 3.05) is 20.1 Å². The lowest BCUT2D eigenvalue weighted by molar-refractivity contribution is 0.170. The van der Waals surface area contributed by atoms with Crippen molar-refractivity contribution in [2.24, 2.45) is 11.8 Å². The molecule has 1 aliphatic carbocycles. The maximum absolute atomic E-state index is 13.2. The molecular weight excluding hydrogens is 215 g/mol. The molecule has 1 saturated heterocycles. The van der Waals surface area contributed by atoms with Crippen molar-refractivity contribution in [1.29, 1.82) is 0 Å². The van der Waals surface area contributed by atoms with Crippen molar-refractivity contribution < 1.29 is 4.39 Å². The molecule has 1 fully saturated rings. The Morgan fingerprint density at radius 3 is 3.00 bits per heavy atom. The fraction of sp³-hybridized carbons (Fsp3) is 0.500. The number of halogens is 1. The SMILES string of the molecule is CN1C[C@H]2C=C(c3cncc(F)c3)C[C@H](C2)C1. The van der Waals surface area contributed by atoms with Crippen molar-refractivity contribution >= 4 is 5.57 Å². The van der Waals surface area contributed by atoms with Gasteiger partial charge in [-0.25, -0.2) is 4.39 Å². The highest BCUT2D eigenvalue weighted by atomic mass is 19.1. The fourth-order valence-corrected chi connectivity index (χ4v) is 3.23. The van der Waals surface area contributed by atoms with E-state index in [1.54, 1.807) is 12.3 Å². The molecule has 2 heterocycles. The second kappa shape index (κ2) is 4.22. The number of aromatic nitrogens is 1. The number of hydrogen-bond acceptors (Lipinski definition) is 2. The van der Waals surface area contributed by atoms with E-state index < -0.39 is 0 Å². The molecule has 17 heavy (non-hydrogen) atoms. The minimum atomic E-state index is -0.240. The molecule has 0 aromatic carbocycles. The molecule has 1 aromatic rings. The summed E-state index contributed by atoms with van der Waals surface area (Å²) in [6.45, 7) is 2.29. The third-order valence-electron chi connectivity index (χ3n) is 3.77. The zero-order valence-electron chi connectivity index (χ0n) is 10.1. The molecule has 0 radical (unpaired) electrons. The van der Waals surface area contributed by atoms with Gasteiger partial charge in [-0.1, -0.05) is 6.08 Å². The second-order valence-electron chi connectivity index (χ2n) is 5.37. The van der Waals surface area contributed by atoms with Gasteiger partial charge in [0.15, 0.2) is 0 Å². The summed E-state index contributed by atoms with van der Waals surface area (Å²) in [5.41, 5.74) is 2.25. The highest BCUT2D eigenvalue weighted by Crippen LogP contribution is 2.37. The van der Waals surface area contributed by atoms with E-state index in [2.05, 4.69) is 23.0 Å². The molecular formula is C14H17FN2. The Labute approximate surface area is 101 Å². The molecule has 2 aliphatic rings. The number of nitrogens with zero attached hydrogens (tertiary/aromatic N) is 2. The zero-order chi connectivity index (χ0) is 11.8. The minimum Gasteiger partial charge on any atom is -0.305 e. The van der Waals surface area contributed by atoms with E-state index >= 15 is 0 Å². The first-order valence-electron chi connectivity index (χ1n) is 6.21. The van der Waals surface area contributed by atoms with E-state index in [9.17, 15) is 4.39 Å². The van der Waals surface area contributed by atoms with Crippen LogP contribution >= 0.6 is 0 Å². The Bertz CT molecular complexity index is 455. The van der Waals surface area contributed by atoms with E-state index in [1.807, 2.05) is 0 Å². The average Bonchev–Trinajstić information content (AvgIpc) is 2.27. The van der Waals surface area contributed by atoms with Gasteiger partial charge in [0.05, 0.1) is 6.20 Å². The Morgan fingerprint density at radius 2 is 2.24 bits per heavy atom. The van der Waals surface area contributed by atoms with Gasteiger partial charge in [-0.3, -0.25) is 4.98 Å². The van der Waals surface area contributed by atoms with Gasteiger partial charge < -0.3 is 4.90 Å². The van der Waals surface area contributed by atoms with Crippen molar-refractivity contribution in [3.05, 3.63) is 35.9 Å². The van der Waals surface area contributed by atoms with Crippen LogP contribution in [0.25, 0.3) is 5.57 Å². The van der Waals surface area contributed by atoms with Crippen LogP contribution in [0.1, 0.15) is 18.4 Å². The number of fused-ring (bicyclic) bond motifs is 2. The molecule has 1 aromatic heterocycles. The molecule has 2 atom stereocenters. The van der Waals surface area contributed by atoms with Gasteiger partial charge in [0, 0.05) is 19.3 Å². The van der Waals surface area contributed by atoms with E-state index in [1.165, 1.54) is 18.2 Å². The number of pyridine rings is 1. The van der Waals surface area contributed by atoms with Gasteiger partial charge in [-0.2, -0.15) is 0 Å². The maximum Gasteiger partial charge on any atom is 0.142 e. The summed E-state index contributed by atoms with van der Waals surface area (Å²) in [6, 6.07) is 1.60. The largest absolute Gasteiger partial charge is 0.305 e. The number of hydrogen-bond donors (Lipinski definition) is 0. The summed E-state index contributed by atoms with van der Waals surface area (Å²) >= 11 is 0. The Hall–Kier alpha value is -1.22. The summed E-state index contributed by atoms with van der Waals surface area (Å²) in [5.74, 6) is 1.11. The molecule has 2 nitrogen and oxygen atoms in total. The molecule has 3 heteroatoms. The summed E-state index contributed by atoms with van der Waals surface area (Å²) in [4.78, 5) is 6.34. The first-order valence-corrected chi connectivity index (χ1v) is 6.21. The van der Waals surface area contributed by atoms with Gasteiger partial charge in [-0.05, 0) is 48.9 Å². The van der Waals surface area contributed by atoms with E-state index in [0.29, 0.717) is 5.92 Å². The third-order valence-corrected chi connectivity index (χ3v) is 3.77. The van der Waals surface area contributed by atoms with Crippen LogP contribution in [0.15, 0.2) is 24.5 Å². The number of piperidine rings is 1. The van der Waals surface area contributed by atoms with Gasteiger partial charge in [-0.15, -0.1) is 0 Å². The quantitative estimate of drug-likeness (QED) is 0.740. The molecule has 3 rings (SSSR count). The lowest BCUT2D eigenvalue weighted by atomic mass is 9.77. The van der Waals surface area contributed by atoms with Crippen LogP contribution in [-0.2, 0) is 0 Å². The molecule has 2 bridgehead atoms. The smallest absolute Gasteiger partial charge is 0.142 e. The molecule has 0 amide bonds. The van der Waals surface area contributed by atoms with Crippen LogP contribution < -0.4 is 0 Å². The normalized spacial score (nSPS) is 28.9. The van der Waals surface area contributed by atoms with E-state index in [-0.39, 0.29) is 5.82 Å². The lowest BCUT2D eigenvalue weighted by Crippen LogP contribution is -2.39. The average molecular weight is 232 g/mol. The summed E-state index contributed by atoms with van der Waals surface area (Å²) in [5, 5.41) is 0. The van der Waals surface area contributed by atoms with Crippen LogP contribution in [0.5, 0.6) is 0 Å². The van der Waals surface area contributed by atoms with Crippen molar-refractivity contribution in [1.82, 2.24) is 9.88 Å². The number of rotatable bonds is 1. The molecule has 90 valence electrons. The van der Waals surface area contributed by atoms with Crippen LogP contribution in [-0.4, -0.2) is 30.0 Å². The first kappa shape index (κ1) is 10.9. The van der Waals surface area contributed by atoms with Gasteiger partial charge in [0.1, 0.15) is 5.82 Å². The third kappa shape index (κ3) is 2.25. The number of likely N-dealkylation sites (tertiary alicyclic amines) is 1. The highest BCUT2D eigenvalue weighted by molar-refractivity contribution is 5.66. The molecule has 0 N–H and O–H groups in total. The van der Waals surface area contributed by atoms with Gasteiger partial charge in [0.25, 0.3) is 0 Å². The van der Waals surface area contributed by atoms with Crippen molar-refractivity contribution in [2.45, 2.75) is 12.8 Å². The highest BCUT2D eigenvalue weighted by Gasteiger charge is 2.29. The Balaban J connectivity index is 1.90. The van der Waals surface area contributed by atoms with Gasteiger partial charge >= 0.3 is 0 Å². The topological polar surface area (TPSA) is 16.1 Å². The first-order chi connectivity index (χ1) is 8.20. The second-order valence-corrected chi connectivity index (χ2v) is 5.37. The van der Waals surface area contributed by atoms with Crippen LogP contribution in [0.2, 0.25) is 0 Å². The molecule has 0 unspecified atom stereocenters. The summed E-state index contributed by atoms with van der Waals surface area (Å²) in [6.07, 6.45) is 7.71. The number of allylic oxidation sites excluding steroid dienone is 1. The molecule has 0 saturated carbocycles. The van der Waals surface area contributed by atoms with E-state index in [0.717, 1.165) is 31.0 Å².